The van der Waals surface area contributed by atoms with Crippen molar-refractivity contribution in [3.05, 3.63) is 0 Å². The molecular formula is C11H21NO3. The van der Waals surface area contributed by atoms with E-state index in [0.29, 0.717) is 12.8 Å². The number of piperidine rings is 1. The van der Waals surface area contributed by atoms with Gasteiger partial charge in [0.2, 0.25) is 0 Å². The summed E-state index contributed by atoms with van der Waals surface area (Å²) in [5.41, 5.74) is -1.81. The van der Waals surface area contributed by atoms with E-state index in [0.717, 1.165) is 13.1 Å². The number of nitrogens with zero attached hydrogens (tertiary/aromatic N) is 1. The number of likely N-dealkylation sites (tertiary alicyclic amines) is 1. The first-order chi connectivity index (χ1) is 6.73. The van der Waals surface area contributed by atoms with Crippen LogP contribution in [0.4, 0.5) is 0 Å². The molecule has 1 aliphatic rings. The number of carbonyl (C=O) groups is 1. The van der Waals surface area contributed by atoms with Crippen molar-refractivity contribution in [2.45, 2.75) is 44.8 Å². The van der Waals surface area contributed by atoms with E-state index < -0.39 is 17.2 Å². The average Bonchev–Trinajstić information content (AvgIpc) is 2.07. The fourth-order valence-electron chi connectivity index (χ4n) is 1.57. The lowest BCUT2D eigenvalue weighted by Gasteiger charge is -2.36. The molecule has 0 saturated carbocycles. The Hall–Kier alpha value is -0.610. The van der Waals surface area contributed by atoms with Crippen LogP contribution in [-0.4, -0.2) is 47.3 Å². The summed E-state index contributed by atoms with van der Waals surface area (Å²) in [6.07, 6.45) is 0.914. The standard InChI is InChI=1S/C11H21NO3/c1-10(2,3)15-9(13)11(14)5-7-12(4)8-6-11/h14H,5-8H2,1-4H3. The van der Waals surface area contributed by atoms with Crippen molar-refractivity contribution in [3.63, 3.8) is 0 Å². The lowest BCUT2D eigenvalue weighted by atomic mass is 9.91. The molecule has 0 radical (unpaired) electrons. The summed E-state index contributed by atoms with van der Waals surface area (Å²) < 4.78 is 5.21. The molecule has 4 nitrogen and oxygen atoms in total. The van der Waals surface area contributed by atoms with Crippen molar-refractivity contribution >= 4 is 5.97 Å². The second kappa shape index (κ2) is 4.10. The topological polar surface area (TPSA) is 49.8 Å². The Balaban J connectivity index is 2.58. The molecule has 0 aliphatic carbocycles. The highest BCUT2D eigenvalue weighted by atomic mass is 16.6. The average molecular weight is 215 g/mol. The first kappa shape index (κ1) is 12.5. The fourth-order valence-corrected chi connectivity index (χ4v) is 1.57. The zero-order valence-corrected chi connectivity index (χ0v) is 10.0. The Labute approximate surface area is 91.2 Å². The van der Waals surface area contributed by atoms with Crippen molar-refractivity contribution in [2.24, 2.45) is 0 Å². The third kappa shape index (κ3) is 3.47. The monoisotopic (exact) mass is 215 g/mol. The van der Waals surface area contributed by atoms with Crippen molar-refractivity contribution < 1.29 is 14.6 Å². The van der Waals surface area contributed by atoms with Gasteiger partial charge in [-0.15, -0.1) is 0 Å². The molecule has 0 aromatic carbocycles. The molecule has 0 unspecified atom stereocenters. The van der Waals surface area contributed by atoms with Crippen molar-refractivity contribution in [1.82, 2.24) is 4.90 Å². The summed E-state index contributed by atoms with van der Waals surface area (Å²) in [5.74, 6) is -0.483. The maximum atomic E-state index is 11.8. The molecular weight excluding hydrogens is 194 g/mol. The second-order valence-corrected chi connectivity index (χ2v) is 5.34. The molecule has 1 N–H and O–H groups in total. The van der Waals surface area contributed by atoms with Gasteiger partial charge in [-0.1, -0.05) is 0 Å². The molecule has 1 saturated heterocycles. The summed E-state index contributed by atoms with van der Waals surface area (Å²) in [6.45, 7) is 6.89. The predicted molar refractivity (Wildman–Crippen MR) is 57.5 cm³/mol. The minimum atomic E-state index is -1.28. The Morgan fingerprint density at radius 3 is 2.20 bits per heavy atom. The van der Waals surface area contributed by atoms with Gasteiger partial charge >= 0.3 is 5.97 Å². The minimum Gasteiger partial charge on any atom is -0.458 e. The number of rotatable bonds is 1. The molecule has 1 heterocycles. The molecule has 1 aliphatic heterocycles. The van der Waals surface area contributed by atoms with E-state index >= 15 is 0 Å². The van der Waals surface area contributed by atoms with E-state index in [9.17, 15) is 9.90 Å². The Morgan fingerprint density at radius 2 is 1.80 bits per heavy atom. The molecule has 0 spiro atoms. The van der Waals surface area contributed by atoms with Crippen LogP contribution < -0.4 is 0 Å². The first-order valence-electron chi connectivity index (χ1n) is 5.37. The Bertz CT molecular complexity index is 237. The van der Waals surface area contributed by atoms with Crippen molar-refractivity contribution in [3.8, 4) is 0 Å². The van der Waals surface area contributed by atoms with Crippen LogP contribution in [-0.2, 0) is 9.53 Å². The number of carbonyl (C=O) groups excluding carboxylic acids is 1. The lowest BCUT2D eigenvalue weighted by Crippen LogP contribution is -2.50. The maximum Gasteiger partial charge on any atom is 0.338 e. The van der Waals surface area contributed by atoms with Crippen molar-refractivity contribution in [1.29, 1.82) is 0 Å². The van der Waals surface area contributed by atoms with E-state index in [-0.39, 0.29) is 0 Å². The normalized spacial score (nSPS) is 22.5. The number of hydrogen-bond donors (Lipinski definition) is 1. The van der Waals surface area contributed by atoms with Crippen LogP contribution in [0, 0.1) is 0 Å². The summed E-state index contributed by atoms with van der Waals surface area (Å²) in [5, 5.41) is 10.1. The van der Waals surface area contributed by atoms with Gasteiger partial charge in [-0.25, -0.2) is 4.79 Å². The van der Waals surface area contributed by atoms with Gasteiger partial charge < -0.3 is 14.7 Å². The number of esters is 1. The highest BCUT2D eigenvalue weighted by molar-refractivity contribution is 5.79. The molecule has 0 atom stereocenters. The van der Waals surface area contributed by atoms with E-state index in [1.807, 2.05) is 27.8 Å². The zero-order valence-electron chi connectivity index (χ0n) is 10.0. The highest BCUT2D eigenvalue weighted by Gasteiger charge is 2.41. The quantitative estimate of drug-likeness (QED) is 0.657. The van der Waals surface area contributed by atoms with E-state index in [1.165, 1.54) is 0 Å². The van der Waals surface area contributed by atoms with Gasteiger partial charge in [0.25, 0.3) is 0 Å². The summed E-state index contributed by atoms with van der Waals surface area (Å²) in [4.78, 5) is 13.8. The van der Waals surface area contributed by atoms with Crippen molar-refractivity contribution in [2.75, 3.05) is 20.1 Å². The fraction of sp³-hybridized carbons (Fsp3) is 0.909. The lowest BCUT2D eigenvalue weighted by molar-refractivity contribution is -0.181. The largest absolute Gasteiger partial charge is 0.458 e. The molecule has 4 heteroatoms. The minimum absolute atomic E-state index is 0.457. The van der Waals surface area contributed by atoms with Gasteiger partial charge in [0, 0.05) is 13.1 Å². The van der Waals surface area contributed by atoms with Crippen LogP contribution in [0.1, 0.15) is 33.6 Å². The Kier molecular flexibility index (Phi) is 3.41. The van der Waals surface area contributed by atoms with Gasteiger partial charge in [-0.05, 0) is 40.7 Å². The SMILES string of the molecule is CN1CCC(O)(C(=O)OC(C)(C)C)CC1. The van der Waals surface area contributed by atoms with E-state index in [4.69, 9.17) is 4.74 Å². The van der Waals surface area contributed by atoms with E-state index in [1.54, 1.807) is 0 Å². The molecule has 0 aromatic heterocycles. The van der Waals surface area contributed by atoms with Gasteiger partial charge in [-0.2, -0.15) is 0 Å². The molecule has 1 fully saturated rings. The molecule has 0 aromatic rings. The number of ether oxygens (including phenoxy) is 1. The van der Waals surface area contributed by atoms with E-state index in [2.05, 4.69) is 4.90 Å². The molecule has 15 heavy (non-hydrogen) atoms. The summed E-state index contributed by atoms with van der Waals surface area (Å²) >= 11 is 0. The number of aliphatic hydroxyl groups is 1. The van der Waals surface area contributed by atoms with Gasteiger partial charge in [-0.3, -0.25) is 0 Å². The van der Waals surface area contributed by atoms with Crippen LogP contribution in [0.15, 0.2) is 0 Å². The molecule has 0 bridgehead atoms. The maximum absolute atomic E-state index is 11.8. The summed E-state index contributed by atoms with van der Waals surface area (Å²) in [7, 11) is 1.98. The van der Waals surface area contributed by atoms with Gasteiger partial charge in [0.05, 0.1) is 0 Å². The molecule has 0 amide bonds. The highest BCUT2D eigenvalue weighted by Crippen LogP contribution is 2.25. The first-order valence-corrected chi connectivity index (χ1v) is 5.37. The molecule has 88 valence electrons. The Morgan fingerprint density at radius 1 is 1.33 bits per heavy atom. The predicted octanol–water partition coefficient (Wildman–Crippen LogP) is 0.785. The van der Waals surface area contributed by atoms with Crippen LogP contribution in [0.25, 0.3) is 0 Å². The smallest absolute Gasteiger partial charge is 0.338 e. The third-order valence-electron chi connectivity index (χ3n) is 2.59. The van der Waals surface area contributed by atoms with Gasteiger partial charge in [0.15, 0.2) is 5.60 Å². The summed E-state index contributed by atoms with van der Waals surface area (Å²) in [6, 6.07) is 0. The van der Waals surface area contributed by atoms with Gasteiger partial charge in [0.1, 0.15) is 5.60 Å². The zero-order chi connectivity index (χ0) is 11.7. The van der Waals surface area contributed by atoms with Crippen LogP contribution >= 0.6 is 0 Å². The van der Waals surface area contributed by atoms with Crippen LogP contribution in [0.2, 0.25) is 0 Å². The van der Waals surface area contributed by atoms with Crippen LogP contribution in [0.5, 0.6) is 0 Å². The number of hydrogen-bond acceptors (Lipinski definition) is 4. The second-order valence-electron chi connectivity index (χ2n) is 5.34. The third-order valence-corrected chi connectivity index (χ3v) is 2.59. The van der Waals surface area contributed by atoms with Crippen LogP contribution in [0.3, 0.4) is 0 Å². The molecule has 1 rings (SSSR count).